The lowest BCUT2D eigenvalue weighted by Crippen LogP contribution is -1.87. The van der Waals surface area contributed by atoms with Crippen LogP contribution in [-0.2, 0) is 0 Å². The lowest BCUT2D eigenvalue weighted by atomic mass is 10.1. The first-order chi connectivity index (χ1) is 7.70. The number of hydrogen-bond acceptors (Lipinski definition) is 3. The molecule has 0 atom stereocenters. The summed E-state index contributed by atoms with van der Waals surface area (Å²) in [5.41, 5.74) is 2.82. The van der Waals surface area contributed by atoms with Crippen LogP contribution in [0.5, 0.6) is 5.75 Å². The van der Waals surface area contributed by atoms with E-state index in [4.69, 9.17) is 5.26 Å². The molecular formula is C13H10N2O. The van der Waals surface area contributed by atoms with E-state index in [1.54, 1.807) is 31.2 Å². The molecule has 0 aliphatic carbocycles. The first-order valence-electron chi connectivity index (χ1n) is 4.88. The highest BCUT2D eigenvalue weighted by molar-refractivity contribution is 5.62. The first kappa shape index (κ1) is 10.2. The average molecular weight is 210 g/mol. The largest absolute Gasteiger partial charge is 0.506 e. The summed E-state index contributed by atoms with van der Waals surface area (Å²) < 4.78 is 0. The van der Waals surface area contributed by atoms with Gasteiger partial charge in [0.2, 0.25) is 0 Å². The monoisotopic (exact) mass is 210 g/mol. The quantitative estimate of drug-likeness (QED) is 0.787. The Bertz CT molecular complexity index is 570. The minimum absolute atomic E-state index is 0.181. The number of aromatic nitrogens is 1. The SMILES string of the molecule is Cc1nc(-c2cccc(C#N)c2)ccc1O. The van der Waals surface area contributed by atoms with Gasteiger partial charge in [-0.1, -0.05) is 12.1 Å². The lowest BCUT2D eigenvalue weighted by Gasteiger charge is -2.03. The molecule has 1 aromatic heterocycles. The van der Waals surface area contributed by atoms with E-state index in [1.165, 1.54) is 0 Å². The highest BCUT2D eigenvalue weighted by Gasteiger charge is 2.03. The second kappa shape index (κ2) is 4.03. The van der Waals surface area contributed by atoms with Crippen LogP contribution in [0.3, 0.4) is 0 Å². The summed E-state index contributed by atoms with van der Waals surface area (Å²) in [5, 5.41) is 18.2. The molecule has 0 radical (unpaired) electrons. The molecule has 1 aromatic carbocycles. The Morgan fingerprint density at radius 2 is 2.06 bits per heavy atom. The Balaban J connectivity index is 2.51. The van der Waals surface area contributed by atoms with Gasteiger partial charge in [-0.05, 0) is 31.2 Å². The van der Waals surface area contributed by atoms with Gasteiger partial charge in [-0.25, -0.2) is 4.98 Å². The molecule has 78 valence electrons. The highest BCUT2D eigenvalue weighted by atomic mass is 16.3. The van der Waals surface area contributed by atoms with Gasteiger partial charge in [0.1, 0.15) is 5.75 Å². The van der Waals surface area contributed by atoms with Crippen molar-refractivity contribution in [1.29, 1.82) is 5.26 Å². The molecule has 1 heterocycles. The molecule has 3 heteroatoms. The third kappa shape index (κ3) is 1.86. The van der Waals surface area contributed by atoms with E-state index in [2.05, 4.69) is 11.1 Å². The van der Waals surface area contributed by atoms with Gasteiger partial charge < -0.3 is 5.11 Å². The molecule has 0 fully saturated rings. The number of aromatic hydroxyl groups is 1. The van der Waals surface area contributed by atoms with E-state index in [0.29, 0.717) is 11.3 Å². The van der Waals surface area contributed by atoms with Crippen molar-refractivity contribution in [3.63, 3.8) is 0 Å². The van der Waals surface area contributed by atoms with E-state index in [9.17, 15) is 5.11 Å². The minimum atomic E-state index is 0.181. The number of benzene rings is 1. The number of hydrogen-bond donors (Lipinski definition) is 1. The Morgan fingerprint density at radius 1 is 1.25 bits per heavy atom. The van der Waals surface area contributed by atoms with Gasteiger partial charge in [0.25, 0.3) is 0 Å². The predicted octanol–water partition coefficient (Wildman–Crippen LogP) is 2.63. The fourth-order valence-electron chi connectivity index (χ4n) is 1.46. The molecule has 3 nitrogen and oxygen atoms in total. The number of pyridine rings is 1. The van der Waals surface area contributed by atoms with Gasteiger partial charge in [0, 0.05) is 5.56 Å². The maximum atomic E-state index is 9.38. The Morgan fingerprint density at radius 3 is 2.75 bits per heavy atom. The van der Waals surface area contributed by atoms with Gasteiger partial charge in [0.05, 0.1) is 23.0 Å². The van der Waals surface area contributed by atoms with Gasteiger partial charge in [-0.2, -0.15) is 5.26 Å². The van der Waals surface area contributed by atoms with Gasteiger partial charge >= 0.3 is 0 Å². The van der Waals surface area contributed by atoms with Crippen molar-refractivity contribution in [2.24, 2.45) is 0 Å². The Kier molecular flexibility index (Phi) is 2.57. The van der Waals surface area contributed by atoms with Gasteiger partial charge in [-0.3, -0.25) is 0 Å². The van der Waals surface area contributed by atoms with Crippen LogP contribution in [0.25, 0.3) is 11.3 Å². The topological polar surface area (TPSA) is 56.9 Å². The summed E-state index contributed by atoms with van der Waals surface area (Å²) in [5.74, 6) is 0.181. The van der Waals surface area contributed by atoms with Gasteiger partial charge in [-0.15, -0.1) is 0 Å². The molecule has 0 amide bonds. The molecule has 0 bridgehead atoms. The van der Waals surface area contributed by atoms with Crippen LogP contribution < -0.4 is 0 Å². The van der Waals surface area contributed by atoms with Crippen LogP contribution in [0.15, 0.2) is 36.4 Å². The lowest BCUT2D eigenvalue weighted by molar-refractivity contribution is 0.468. The van der Waals surface area contributed by atoms with E-state index in [-0.39, 0.29) is 5.75 Å². The molecule has 1 N–H and O–H groups in total. The fraction of sp³-hybridized carbons (Fsp3) is 0.0769. The standard InChI is InChI=1S/C13H10N2O/c1-9-13(16)6-5-12(15-9)11-4-2-3-10(7-11)8-14/h2-7,16H,1H3. The minimum Gasteiger partial charge on any atom is -0.506 e. The molecule has 0 aliphatic heterocycles. The van der Waals surface area contributed by atoms with E-state index < -0.39 is 0 Å². The van der Waals surface area contributed by atoms with E-state index >= 15 is 0 Å². The van der Waals surface area contributed by atoms with Crippen molar-refractivity contribution in [3.05, 3.63) is 47.7 Å². The van der Waals surface area contributed by atoms with Crippen molar-refractivity contribution in [3.8, 4) is 23.1 Å². The molecule has 0 spiro atoms. The predicted molar refractivity (Wildman–Crippen MR) is 60.8 cm³/mol. The number of rotatable bonds is 1. The zero-order chi connectivity index (χ0) is 11.5. The van der Waals surface area contributed by atoms with Crippen molar-refractivity contribution in [2.75, 3.05) is 0 Å². The highest BCUT2D eigenvalue weighted by Crippen LogP contribution is 2.22. The first-order valence-corrected chi connectivity index (χ1v) is 4.88. The molecular weight excluding hydrogens is 200 g/mol. The van der Waals surface area contributed by atoms with Crippen molar-refractivity contribution in [2.45, 2.75) is 6.92 Å². The van der Waals surface area contributed by atoms with Crippen molar-refractivity contribution >= 4 is 0 Å². The summed E-state index contributed by atoms with van der Waals surface area (Å²) in [6, 6.07) is 12.7. The fourth-order valence-corrected chi connectivity index (χ4v) is 1.46. The van der Waals surface area contributed by atoms with Gasteiger partial charge in [0.15, 0.2) is 0 Å². The van der Waals surface area contributed by atoms with Crippen LogP contribution >= 0.6 is 0 Å². The molecule has 0 aliphatic rings. The number of aryl methyl sites for hydroxylation is 1. The summed E-state index contributed by atoms with van der Waals surface area (Å²) in [6.07, 6.45) is 0. The maximum Gasteiger partial charge on any atom is 0.136 e. The third-order valence-corrected chi connectivity index (χ3v) is 2.35. The summed E-state index contributed by atoms with van der Waals surface area (Å²) in [4.78, 5) is 4.26. The normalized spacial score (nSPS) is 9.75. The number of nitrogens with zero attached hydrogens (tertiary/aromatic N) is 2. The molecule has 0 saturated carbocycles. The molecule has 2 rings (SSSR count). The zero-order valence-corrected chi connectivity index (χ0v) is 8.81. The zero-order valence-electron chi connectivity index (χ0n) is 8.81. The van der Waals surface area contributed by atoms with E-state index in [0.717, 1.165) is 11.3 Å². The number of nitriles is 1. The molecule has 0 saturated heterocycles. The Labute approximate surface area is 93.6 Å². The average Bonchev–Trinajstić information content (AvgIpc) is 2.33. The van der Waals surface area contributed by atoms with Crippen LogP contribution in [0.4, 0.5) is 0 Å². The summed E-state index contributed by atoms with van der Waals surface area (Å²) in [6.45, 7) is 1.74. The van der Waals surface area contributed by atoms with Crippen LogP contribution in [0, 0.1) is 18.3 Å². The third-order valence-electron chi connectivity index (χ3n) is 2.35. The summed E-state index contributed by atoms with van der Waals surface area (Å²) in [7, 11) is 0. The molecule has 0 unspecified atom stereocenters. The van der Waals surface area contributed by atoms with Crippen LogP contribution in [-0.4, -0.2) is 10.1 Å². The van der Waals surface area contributed by atoms with Crippen LogP contribution in [0.2, 0.25) is 0 Å². The van der Waals surface area contributed by atoms with Crippen molar-refractivity contribution < 1.29 is 5.11 Å². The second-order valence-electron chi connectivity index (χ2n) is 3.49. The molecule has 16 heavy (non-hydrogen) atoms. The van der Waals surface area contributed by atoms with E-state index in [1.807, 2.05) is 12.1 Å². The maximum absolute atomic E-state index is 9.38. The molecule has 2 aromatic rings. The Hall–Kier alpha value is -2.34. The summed E-state index contributed by atoms with van der Waals surface area (Å²) >= 11 is 0. The second-order valence-corrected chi connectivity index (χ2v) is 3.49. The van der Waals surface area contributed by atoms with Crippen molar-refractivity contribution in [1.82, 2.24) is 4.98 Å². The van der Waals surface area contributed by atoms with Crippen LogP contribution in [0.1, 0.15) is 11.3 Å². The smallest absolute Gasteiger partial charge is 0.136 e.